The third kappa shape index (κ3) is 3.62. The van der Waals surface area contributed by atoms with Crippen molar-refractivity contribution < 1.29 is 14.2 Å². The van der Waals surface area contributed by atoms with Gasteiger partial charge in [-0.1, -0.05) is 25.5 Å². The molecule has 0 bridgehead atoms. The van der Waals surface area contributed by atoms with Crippen molar-refractivity contribution in [3.63, 3.8) is 0 Å². The van der Waals surface area contributed by atoms with Crippen molar-refractivity contribution in [1.82, 2.24) is 0 Å². The second-order valence-corrected chi connectivity index (χ2v) is 12.7. The zero-order valence-corrected chi connectivity index (χ0v) is 21.8. The minimum absolute atomic E-state index is 0.204. The van der Waals surface area contributed by atoms with Crippen LogP contribution in [0.5, 0.6) is 0 Å². The number of methoxy groups -OCH3 is 1. The van der Waals surface area contributed by atoms with Crippen molar-refractivity contribution >= 4 is 0 Å². The van der Waals surface area contributed by atoms with Crippen LogP contribution in [0.25, 0.3) is 0 Å². The maximum atomic E-state index is 6.70. The Labute approximate surface area is 207 Å². The Balaban J connectivity index is 1.25. The summed E-state index contributed by atoms with van der Waals surface area (Å²) in [6.07, 6.45) is 24.1. The number of allylic oxidation sites excluding steroid dienone is 5. The largest absolute Gasteiger partial charge is 0.495 e. The fraction of sp³-hybridized carbons (Fsp3) is 0.806. The summed E-state index contributed by atoms with van der Waals surface area (Å²) in [6, 6.07) is 0. The summed E-state index contributed by atoms with van der Waals surface area (Å²) in [5.41, 5.74) is 2.21. The van der Waals surface area contributed by atoms with E-state index in [1.807, 2.05) is 7.11 Å². The molecular formula is C31H46O3. The van der Waals surface area contributed by atoms with E-state index < -0.39 is 0 Å². The Kier molecular flexibility index (Phi) is 6.15. The molecule has 6 rings (SSSR count). The van der Waals surface area contributed by atoms with Crippen molar-refractivity contribution in [2.75, 3.05) is 13.7 Å². The zero-order valence-electron chi connectivity index (χ0n) is 21.8. The lowest BCUT2D eigenvalue weighted by atomic mass is 9.45. The van der Waals surface area contributed by atoms with Crippen LogP contribution < -0.4 is 0 Å². The predicted molar refractivity (Wildman–Crippen MR) is 136 cm³/mol. The molecule has 8 atom stereocenters. The van der Waals surface area contributed by atoms with Crippen molar-refractivity contribution in [1.29, 1.82) is 0 Å². The molecule has 3 heteroatoms. The molecule has 0 aromatic heterocycles. The van der Waals surface area contributed by atoms with Gasteiger partial charge in [0.2, 0.25) is 0 Å². The van der Waals surface area contributed by atoms with E-state index >= 15 is 0 Å². The SMILES string of the molecule is COC[C@]12C(=CC[C@@H]3[C@H]1CC[C@]1(C)C(OC4=CCCC4)CC[C@@H]31)CC(OC1=CCCC1)CC2C. The molecule has 0 saturated heterocycles. The maximum absolute atomic E-state index is 6.70. The number of fused-ring (bicyclic) bond motifs is 5. The highest BCUT2D eigenvalue weighted by Crippen LogP contribution is 2.66. The summed E-state index contributed by atoms with van der Waals surface area (Å²) in [5.74, 6) is 5.47. The van der Waals surface area contributed by atoms with Gasteiger partial charge in [0.05, 0.1) is 18.1 Å². The minimum atomic E-state index is 0.204. The molecule has 0 spiro atoms. The summed E-state index contributed by atoms with van der Waals surface area (Å²) in [5, 5.41) is 0. The molecule has 0 heterocycles. The smallest absolute Gasteiger partial charge is 0.104 e. The van der Waals surface area contributed by atoms with Gasteiger partial charge in [-0.2, -0.15) is 0 Å². The molecule has 34 heavy (non-hydrogen) atoms. The van der Waals surface area contributed by atoms with E-state index in [1.54, 1.807) is 5.57 Å². The highest BCUT2D eigenvalue weighted by atomic mass is 16.5. The van der Waals surface area contributed by atoms with Crippen LogP contribution in [0.15, 0.2) is 35.3 Å². The van der Waals surface area contributed by atoms with Gasteiger partial charge in [-0.3, -0.25) is 0 Å². The molecule has 188 valence electrons. The number of hydrogen-bond donors (Lipinski definition) is 0. The molecule has 3 nitrogen and oxygen atoms in total. The molecule has 3 unspecified atom stereocenters. The topological polar surface area (TPSA) is 27.7 Å². The Bertz CT molecular complexity index is 870. The normalized spacial score (nSPS) is 45.6. The zero-order chi connectivity index (χ0) is 23.3. The van der Waals surface area contributed by atoms with Gasteiger partial charge in [0.1, 0.15) is 12.2 Å². The van der Waals surface area contributed by atoms with Crippen LogP contribution in [0.4, 0.5) is 0 Å². The fourth-order valence-corrected chi connectivity index (χ4v) is 9.56. The summed E-state index contributed by atoms with van der Waals surface area (Å²) < 4.78 is 19.3. The van der Waals surface area contributed by atoms with Gasteiger partial charge in [-0.25, -0.2) is 0 Å². The second kappa shape index (κ2) is 9.02. The van der Waals surface area contributed by atoms with Crippen molar-refractivity contribution in [3.05, 3.63) is 35.3 Å². The van der Waals surface area contributed by atoms with Gasteiger partial charge in [0.15, 0.2) is 0 Å². The number of hydrogen-bond acceptors (Lipinski definition) is 3. The average Bonchev–Trinajstić information content (AvgIpc) is 3.58. The van der Waals surface area contributed by atoms with Gasteiger partial charge in [0, 0.05) is 37.2 Å². The lowest BCUT2D eigenvalue weighted by Crippen LogP contribution is -2.56. The van der Waals surface area contributed by atoms with Gasteiger partial charge < -0.3 is 14.2 Å². The average molecular weight is 467 g/mol. The van der Waals surface area contributed by atoms with E-state index in [1.165, 1.54) is 75.7 Å². The Morgan fingerprint density at radius 3 is 2.41 bits per heavy atom. The highest BCUT2D eigenvalue weighted by molar-refractivity contribution is 5.28. The quantitative estimate of drug-likeness (QED) is 0.375. The molecule has 6 aliphatic carbocycles. The van der Waals surface area contributed by atoms with Crippen LogP contribution in [-0.2, 0) is 14.2 Å². The molecule has 0 radical (unpaired) electrons. The summed E-state index contributed by atoms with van der Waals surface area (Å²) in [6.45, 7) is 5.97. The minimum Gasteiger partial charge on any atom is -0.495 e. The first-order valence-electron chi connectivity index (χ1n) is 14.4. The summed E-state index contributed by atoms with van der Waals surface area (Å²) in [7, 11) is 1.93. The maximum Gasteiger partial charge on any atom is 0.104 e. The van der Waals surface area contributed by atoms with Gasteiger partial charge in [0.25, 0.3) is 0 Å². The number of ether oxygens (including phenoxy) is 3. The molecule has 0 amide bonds. The standard InChI is InChI=1S/C31H46O3/c1-21-18-25(33-23-8-4-5-9-23)19-22-12-13-26-27-14-15-29(34-24-10-6-7-11-24)30(27,2)17-16-28(26)31(21,22)20-32-3/h8,10,12,21,25-29H,4-7,9,11,13-20H2,1-3H3/t21?,25?,26-,27-,28+,29?,30-,31-/m0/s1. The van der Waals surface area contributed by atoms with Crippen LogP contribution in [0.2, 0.25) is 0 Å². The lowest BCUT2D eigenvalue weighted by molar-refractivity contribution is -0.118. The van der Waals surface area contributed by atoms with E-state index in [2.05, 4.69) is 32.1 Å². The van der Waals surface area contributed by atoms with E-state index in [4.69, 9.17) is 14.2 Å². The first-order valence-corrected chi connectivity index (χ1v) is 14.4. The monoisotopic (exact) mass is 466 g/mol. The molecule has 3 saturated carbocycles. The molecule has 6 aliphatic rings. The van der Waals surface area contributed by atoms with Gasteiger partial charge in [-0.15, -0.1) is 0 Å². The van der Waals surface area contributed by atoms with Crippen LogP contribution in [0.1, 0.15) is 97.3 Å². The molecule has 3 fully saturated rings. The molecule has 0 aromatic rings. The molecule has 0 aromatic carbocycles. The summed E-state index contributed by atoms with van der Waals surface area (Å²) in [4.78, 5) is 0. The highest BCUT2D eigenvalue weighted by Gasteiger charge is 2.62. The first-order chi connectivity index (χ1) is 16.5. The predicted octanol–water partition coefficient (Wildman–Crippen LogP) is 7.73. The van der Waals surface area contributed by atoms with Crippen LogP contribution in [0, 0.1) is 34.5 Å². The van der Waals surface area contributed by atoms with E-state index in [9.17, 15) is 0 Å². The van der Waals surface area contributed by atoms with Crippen molar-refractivity contribution in [2.24, 2.45) is 34.5 Å². The number of rotatable bonds is 6. The Hall–Kier alpha value is -1.22. The second-order valence-electron chi connectivity index (χ2n) is 12.7. The molecular weight excluding hydrogens is 420 g/mol. The van der Waals surface area contributed by atoms with Gasteiger partial charge in [-0.05, 0) is 100 Å². The Morgan fingerprint density at radius 1 is 0.941 bits per heavy atom. The third-order valence-corrected chi connectivity index (χ3v) is 11.2. The van der Waals surface area contributed by atoms with E-state index in [0.717, 1.165) is 43.6 Å². The Morgan fingerprint density at radius 2 is 1.71 bits per heavy atom. The first kappa shape index (κ1) is 23.2. The van der Waals surface area contributed by atoms with Gasteiger partial charge >= 0.3 is 0 Å². The lowest BCUT2D eigenvalue weighted by Gasteiger charge is -2.60. The van der Waals surface area contributed by atoms with E-state index in [-0.39, 0.29) is 5.41 Å². The van der Waals surface area contributed by atoms with E-state index in [0.29, 0.717) is 23.5 Å². The van der Waals surface area contributed by atoms with Crippen LogP contribution >= 0.6 is 0 Å². The third-order valence-electron chi connectivity index (χ3n) is 11.2. The van der Waals surface area contributed by atoms with Crippen LogP contribution in [-0.4, -0.2) is 25.9 Å². The van der Waals surface area contributed by atoms with Crippen molar-refractivity contribution in [3.8, 4) is 0 Å². The van der Waals surface area contributed by atoms with Crippen LogP contribution in [0.3, 0.4) is 0 Å². The molecule has 0 N–H and O–H groups in total. The summed E-state index contributed by atoms with van der Waals surface area (Å²) >= 11 is 0. The molecule has 0 aliphatic heterocycles. The van der Waals surface area contributed by atoms with Crippen molar-refractivity contribution in [2.45, 2.75) is 110 Å². The fourth-order valence-electron chi connectivity index (χ4n) is 9.56.